The molecule has 2 aromatic carbocycles. The highest BCUT2D eigenvalue weighted by atomic mass is 35.5. The molecular formula is C21H27ClN2O4. The minimum absolute atomic E-state index is 0.302. The zero-order valence-corrected chi connectivity index (χ0v) is 17.5. The third kappa shape index (κ3) is 5.53. The fourth-order valence-electron chi connectivity index (χ4n) is 2.76. The molecule has 0 bridgehead atoms. The van der Waals surface area contributed by atoms with Crippen molar-refractivity contribution in [2.75, 3.05) is 45.8 Å². The lowest BCUT2D eigenvalue weighted by Crippen LogP contribution is -2.28. The van der Waals surface area contributed by atoms with Crippen molar-refractivity contribution >= 4 is 23.2 Å². The second-order valence-corrected chi connectivity index (χ2v) is 6.43. The number of anilines is 1. The van der Waals surface area contributed by atoms with Crippen molar-refractivity contribution in [3.05, 3.63) is 47.0 Å². The molecule has 0 unspecified atom stereocenters. The van der Waals surface area contributed by atoms with E-state index in [-0.39, 0.29) is 5.91 Å². The van der Waals surface area contributed by atoms with Crippen molar-refractivity contribution < 1.29 is 19.0 Å². The molecule has 0 radical (unpaired) electrons. The standard InChI is InChI=1S/C21H27ClN2O4/c1-5-24(6-2)11-12-28-18-10-8-7-9-17(18)23-21(25)15-13-16(22)20(27-4)19(14-15)26-3/h7-10,13-14H,5-6,11-12H2,1-4H3,(H,23,25). The van der Waals surface area contributed by atoms with Gasteiger partial charge in [-0.1, -0.05) is 37.6 Å². The maximum absolute atomic E-state index is 12.7. The van der Waals surface area contributed by atoms with Crippen molar-refractivity contribution in [1.29, 1.82) is 0 Å². The molecule has 2 aromatic rings. The maximum Gasteiger partial charge on any atom is 0.255 e. The van der Waals surface area contributed by atoms with E-state index in [1.807, 2.05) is 18.2 Å². The van der Waals surface area contributed by atoms with Crippen molar-refractivity contribution in [3.63, 3.8) is 0 Å². The monoisotopic (exact) mass is 406 g/mol. The van der Waals surface area contributed by atoms with Gasteiger partial charge in [-0.2, -0.15) is 0 Å². The second kappa shape index (κ2) is 10.8. The first-order valence-electron chi connectivity index (χ1n) is 9.21. The number of hydrogen-bond donors (Lipinski definition) is 1. The van der Waals surface area contributed by atoms with Gasteiger partial charge in [0.25, 0.3) is 5.91 Å². The van der Waals surface area contributed by atoms with Crippen LogP contribution in [0.1, 0.15) is 24.2 Å². The number of para-hydroxylation sites is 2. The molecule has 0 heterocycles. The lowest BCUT2D eigenvalue weighted by atomic mass is 10.1. The number of halogens is 1. The zero-order valence-electron chi connectivity index (χ0n) is 16.8. The van der Waals surface area contributed by atoms with Crippen molar-refractivity contribution in [3.8, 4) is 17.2 Å². The average Bonchev–Trinajstić information content (AvgIpc) is 2.71. The van der Waals surface area contributed by atoms with Gasteiger partial charge in [-0.25, -0.2) is 0 Å². The number of amides is 1. The van der Waals surface area contributed by atoms with Gasteiger partial charge in [0.2, 0.25) is 0 Å². The first-order chi connectivity index (χ1) is 13.5. The van der Waals surface area contributed by atoms with Crippen LogP contribution in [0, 0.1) is 0 Å². The van der Waals surface area contributed by atoms with Crippen LogP contribution in [-0.4, -0.2) is 51.3 Å². The Morgan fingerprint density at radius 3 is 2.43 bits per heavy atom. The number of nitrogens with one attached hydrogen (secondary N) is 1. The van der Waals surface area contributed by atoms with Crippen LogP contribution in [0.25, 0.3) is 0 Å². The predicted octanol–water partition coefficient (Wildman–Crippen LogP) is 4.33. The molecule has 0 aromatic heterocycles. The molecule has 0 aliphatic carbocycles. The Balaban J connectivity index is 2.13. The molecule has 0 atom stereocenters. The molecule has 0 fully saturated rings. The fraction of sp³-hybridized carbons (Fsp3) is 0.381. The minimum Gasteiger partial charge on any atom is -0.493 e. The molecule has 1 amide bonds. The highest BCUT2D eigenvalue weighted by Gasteiger charge is 2.16. The molecule has 7 heteroatoms. The average molecular weight is 407 g/mol. The predicted molar refractivity (Wildman–Crippen MR) is 112 cm³/mol. The SMILES string of the molecule is CCN(CC)CCOc1ccccc1NC(=O)c1cc(Cl)c(OC)c(OC)c1. The van der Waals surface area contributed by atoms with Gasteiger partial charge in [0, 0.05) is 12.1 Å². The number of likely N-dealkylation sites (N-methyl/N-ethyl adjacent to an activating group) is 1. The van der Waals surface area contributed by atoms with Crippen LogP contribution in [0.2, 0.25) is 5.02 Å². The lowest BCUT2D eigenvalue weighted by molar-refractivity contribution is 0.102. The zero-order chi connectivity index (χ0) is 20.5. The quantitative estimate of drug-likeness (QED) is 0.636. The van der Waals surface area contributed by atoms with Gasteiger partial charge in [-0.3, -0.25) is 4.79 Å². The molecule has 0 saturated carbocycles. The van der Waals surface area contributed by atoms with Gasteiger partial charge < -0.3 is 24.4 Å². The Labute approximate surface area is 171 Å². The van der Waals surface area contributed by atoms with Gasteiger partial charge in [-0.15, -0.1) is 0 Å². The highest BCUT2D eigenvalue weighted by Crippen LogP contribution is 2.36. The lowest BCUT2D eigenvalue weighted by Gasteiger charge is -2.19. The van der Waals surface area contributed by atoms with Gasteiger partial charge >= 0.3 is 0 Å². The van der Waals surface area contributed by atoms with Crippen LogP contribution in [0.15, 0.2) is 36.4 Å². The van der Waals surface area contributed by atoms with E-state index in [1.54, 1.807) is 18.2 Å². The van der Waals surface area contributed by atoms with Crippen LogP contribution in [0.4, 0.5) is 5.69 Å². The third-order valence-electron chi connectivity index (χ3n) is 4.39. The van der Waals surface area contributed by atoms with Crippen molar-refractivity contribution in [2.45, 2.75) is 13.8 Å². The van der Waals surface area contributed by atoms with Crippen LogP contribution in [0.3, 0.4) is 0 Å². The summed E-state index contributed by atoms with van der Waals surface area (Å²) >= 11 is 6.20. The number of nitrogens with zero attached hydrogens (tertiary/aromatic N) is 1. The first kappa shape index (κ1) is 21.9. The summed E-state index contributed by atoms with van der Waals surface area (Å²) in [5.74, 6) is 1.09. The Morgan fingerprint density at radius 1 is 1.07 bits per heavy atom. The maximum atomic E-state index is 12.7. The van der Waals surface area contributed by atoms with E-state index in [0.717, 1.165) is 19.6 Å². The number of ether oxygens (including phenoxy) is 3. The van der Waals surface area contributed by atoms with Gasteiger partial charge in [0.1, 0.15) is 12.4 Å². The molecule has 1 N–H and O–H groups in total. The van der Waals surface area contributed by atoms with Crippen LogP contribution in [0.5, 0.6) is 17.2 Å². The van der Waals surface area contributed by atoms with E-state index in [9.17, 15) is 4.79 Å². The summed E-state index contributed by atoms with van der Waals surface area (Å²) < 4.78 is 16.4. The number of carbonyl (C=O) groups excluding carboxylic acids is 1. The number of benzene rings is 2. The molecule has 0 saturated heterocycles. The molecule has 28 heavy (non-hydrogen) atoms. The smallest absolute Gasteiger partial charge is 0.255 e. The first-order valence-corrected chi connectivity index (χ1v) is 9.58. The molecule has 0 aliphatic heterocycles. The van der Waals surface area contributed by atoms with E-state index in [4.69, 9.17) is 25.8 Å². The highest BCUT2D eigenvalue weighted by molar-refractivity contribution is 6.32. The molecule has 2 rings (SSSR count). The summed E-state index contributed by atoms with van der Waals surface area (Å²) in [7, 11) is 2.99. The van der Waals surface area contributed by atoms with Gasteiger partial charge in [0.15, 0.2) is 11.5 Å². The van der Waals surface area contributed by atoms with E-state index in [1.165, 1.54) is 14.2 Å². The second-order valence-electron chi connectivity index (χ2n) is 6.02. The molecule has 0 aliphatic rings. The third-order valence-corrected chi connectivity index (χ3v) is 4.67. The Bertz CT molecular complexity index is 794. The van der Waals surface area contributed by atoms with Crippen LogP contribution >= 0.6 is 11.6 Å². The summed E-state index contributed by atoms with van der Waals surface area (Å²) in [6.45, 7) is 7.53. The topological polar surface area (TPSA) is 60.0 Å². The summed E-state index contributed by atoms with van der Waals surface area (Å²) in [5, 5.41) is 3.18. The Morgan fingerprint density at radius 2 is 1.79 bits per heavy atom. The number of methoxy groups -OCH3 is 2. The molecular weight excluding hydrogens is 380 g/mol. The van der Waals surface area contributed by atoms with E-state index in [2.05, 4.69) is 24.1 Å². The van der Waals surface area contributed by atoms with Crippen LogP contribution in [-0.2, 0) is 0 Å². The summed E-state index contributed by atoms with van der Waals surface area (Å²) in [6, 6.07) is 10.5. The Hall–Kier alpha value is -2.44. The summed E-state index contributed by atoms with van der Waals surface area (Å²) in [6.07, 6.45) is 0. The fourth-order valence-corrected chi connectivity index (χ4v) is 3.05. The van der Waals surface area contributed by atoms with E-state index < -0.39 is 0 Å². The van der Waals surface area contributed by atoms with Crippen LogP contribution < -0.4 is 19.5 Å². The van der Waals surface area contributed by atoms with Crippen molar-refractivity contribution in [1.82, 2.24) is 4.90 Å². The van der Waals surface area contributed by atoms with Gasteiger partial charge in [0.05, 0.1) is 24.9 Å². The minimum atomic E-state index is -0.317. The molecule has 152 valence electrons. The molecule has 0 spiro atoms. The summed E-state index contributed by atoms with van der Waals surface area (Å²) in [4.78, 5) is 15.0. The Kier molecular flexibility index (Phi) is 8.42. The van der Waals surface area contributed by atoms with E-state index >= 15 is 0 Å². The number of hydrogen-bond acceptors (Lipinski definition) is 5. The number of carbonyl (C=O) groups is 1. The normalized spacial score (nSPS) is 10.6. The van der Waals surface area contributed by atoms with Crippen molar-refractivity contribution in [2.24, 2.45) is 0 Å². The molecule has 6 nitrogen and oxygen atoms in total. The van der Waals surface area contributed by atoms with Gasteiger partial charge in [-0.05, 0) is 37.4 Å². The number of rotatable bonds is 10. The largest absolute Gasteiger partial charge is 0.493 e. The van der Waals surface area contributed by atoms with E-state index in [0.29, 0.717) is 40.1 Å². The summed E-state index contributed by atoms with van der Waals surface area (Å²) in [5.41, 5.74) is 0.957.